The number of hydrogen-bond acceptors (Lipinski definition) is 3. The molecule has 4 aromatic rings. The Kier molecular flexibility index (Phi) is 5.18. The lowest BCUT2D eigenvalue weighted by Gasteiger charge is -2.17. The van der Waals surface area contributed by atoms with Crippen LogP contribution in [0.15, 0.2) is 42.5 Å². The standard InChI is InChI=1S/C26H26O2S/c1-6-18-12-21(13-19(7-2)26(18)28-17(5)27)25-22-11-9-8-10-20(22)14-23-24(25)15(3)16(4)29-23/h8-14H,6-7H2,1-5H3. The molecule has 3 aromatic carbocycles. The summed E-state index contributed by atoms with van der Waals surface area (Å²) in [4.78, 5) is 13.0. The highest BCUT2D eigenvalue weighted by Gasteiger charge is 2.19. The summed E-state index contributed by atoms with van der Waals surface area (Å²) in [6.45, 7) is 10.1. The fourth-order valence-electron chi connectivity index (χ4n) is 4.19. The molecule has 0 aliphatic heterocycles. The number of carbonyl (C=O) groups excluding carboxylic acids is 1. The topological polar surface area (TPSA) is 26.3 Å². The Balaban J connectivity index is 2.12. The highest BCUT2D eigenvalue weighted by Crippen LogP contribution is 2.44. The molecule has 0 amide bonds. The van der Waals surface area contributed by atoms with Crippen LogP contribution in [0.5, 0.6) is 5.75 Å². The zero-order valence-electron chi connectivity index (χ0n) is 17.7. The van der Waals surface area contributed by atoms with Gasteiger partial charge in [0.15, 0.2) is 0 Å². The Bertz CT molecular complexity index is 1220. The first-order chi connectivity index (χ1) is 13.9. The molecule has 0 saturated heterocycles. The van der Waals surface area contributed by atoms with Crippen molar-refractivity contribution in [3.63, 3.8) is 0 Å². The number of aryl methyl sites for hydroxylation is 4. The van der Waals surface area contributed by atoms with Gasteiger partial charge in [0.05, 0.1) is 0 Å². The van der Waals surface area contributed by atoms with Crippen molar-refractivity contribution in [3.8, 4) is 16.9 Å². The first-order valence-electron chi connectivity index (χ1n) is 10.2. The molecule has 29 heavy (non-hydrogen) atoms. The number of carbonyl (C=O) groups is 1. The molecule has 4 rings (SSSR count). The van der Waals surface area contributed by atoms with Crippen molar-refractivity contribution >= 4 is 38.2 Å². The number of thiophene rings is 1. The first kappa shape index (κ1) is 19.7. The minimum atomic E-state index is -0.265. The van der Waals surface area contributed by atoms with E-state index in [-0.39, 0.29) is 5.97 Å². The van der Waals surface area contributed by atoms with Crippen LogP contribution in [-0.4, -0.2) is 5.97 Å². The van der Waals surface area contributed by atoms with Crippen LogP contribution in [-0.2, 0) is 17.6 Å². The third-order valence-electron chi connectivity index (χ3n) is 5.72. The summed E-state index contributed by atoms with van der Waals surface area (Å²) in [5, 5.41) is 3.87. The van der Waals surface area contributed by atoms with E-state index in [4.69, 9.17) is 4.74 Å². The van der Waals surface area contributed by atoms with Crippen LogP contribution in [0.3, 0.4) is 0 Å². The predicted molar refractivity (Wildman–Crippen MR) is 124 cm³/mol. The molecule has 0 aliphatic carbocycles. The van der Waals surface area contributed by atoms with Crippen LogP contribution in [0.1, 0.15) is 42.3 Å². The molecule has 0 radical (unpaired) electrons. The van der Waals surface area contributed by atoms with Gasteiger partial charge in [0.25, 0.3) is 0 Å². The average molecular weight is 403 g/mol. The molecule has 1 aromatic heterocycles. The van der Waals surface area contributed by atoms with E-state index in [1.165, 1.54) is 49.3 Å². The number of benzene rings is 3. The lowest BCUT2D eigenvalue weighted by molar-refractivity contribution is -0.132. The summed E-state index contributed by atoms with van der Waals surface area (Å²) in [7, 11) is 0. The fourth-order valence-corrected chi connectivity index (χ4v) is 5.32. The number of esters is 1. The van der Waals surface area contributed by atoms with Gasteiger partial charge in [-0.3, -0.25) is 4.79 Å². The Morgan fingerprint density at radius 2 is 1.66 bits per heavy atom. The van der Waals surface area contributed by atoms with Crippen LogP contribution < -0.4 is 4.74 Å². The summed E-state index contributed by atoms with van der Waals surface area (Å²) in [5.41, 5.74) is 6.02. The molecule has 0 spiro atoms. The van der Waals surface area contributed by atoms with Crippen molar-refractivity contribution in [1.29, 1.82) is 0 Å². The van der Waals surface area contributed by atoms with Crippen molar-refractivity contribution < 1.29 is 9.53 Å². The van der Waals surface area contributed by atoms with Crippen LogP contribution in [0, 0.1) is 13.8 Å². The van der Waals surface area contributed by atoms with Crippen molar-refractivity contribution in [2.75, 3.05) is 0 Å². The summed E-state index contributed by atoms with van der Waals surface area (Å²) in [5.74, 6) is 0.472. The molecule has 0 atom stereocenters. The van der Waals surface area contributed by atoms with Gasteiger partial charge >= 0.3 is 5.97 Å². The van der Waals surface area contributed by atoms with Crippen molar-refractivity contribution in [2.24, 2.45) is 0 Å². The first-order valence-corrected chi connectivity index (χ1v) is 11.0. The molecule has 3 heteroatoms. The highest BCUT2D eigenvalue weighted by atomic mass is 32.1. The molecule has 1 heterocycles. The molecular weight excluding hydrogens is 376 g/mol. The number of ether oxygens (including phenoxy) is 1. The van der Waals surface area contributed by atoms with E-state index in [9.17, 15) is 4.79 Å². The molecule has 0 N–H and O–H groups in total. The Labute approximate surface area is 176 Å². The van der Waals surface area contributed by atoms with E-state index in [0.717, 1.165) is 29.7 Å². The summed E-state index contributed by atoms with van der Waals surface area (Å²) in [6.07, 6.45) is 1.64. The van der Waals surface area contributed by atoms with Gasteiger partial charge in [0.1, 0.15) is 5.75 Å². The number of hydrogen-bond donors (Lipinski definition) is 0. The van der Waals surface area contributed by atoms with Gasteiger partial charge in [-0.1, -0.05) is 38.1 Å². The second-order valence-corrected chi connectivity index (χ2v) is 8.81. The molecule has 148 valence electrons. The molecule has 0 bridgehead atoms. The van der Waals surface area contributed by atoms with E-state index in [2.05, 4.69) is 70.2 Å². The SMILES string of the molecule is CCc1cc(-c2c3ccccc3cc3sc(C)c(C)c23)cc(CC)c1OC(C)=O. The minimum Gasteiger partial charge on any atom is -0.426 e. The van der Waals surface area contributed by atoms with Crippen LogP contribution in [0.2, 0.25) is 0 Å². The quantitative estimate of drug-likeness (QED) is 0.263. The third kappa shape index (κ3) is 3.34. The number of fused-ring (bicyclic) bond motifs is 2. The summed E-state index contributed by atoms with van der Waals surface area (Å²) in [6, 6.07) is 15.4. The van der Waals surface area contributed by atoms with Gasteiger partial charge in [-0.05, 0) is 83.5 Å². The van der Waals surface area contributed by atoms with Gasteiger partial charge in [-0.25, -0.2) is 0 Å². The molecule has 0 saturated carbocycles. The van der Waals surface area contributed by atoms with Crippen molar-refractivity contribution in [3.05, 3.63) is 64.0 Å². The van der Waals surface area contributed by atoms with E-state index < -0.39 is 0 Å². The average Bonchev–Trinajstić information content (AvgIpc) is 2.99. The van der Waals surface area contributed by atoms with Crippen LogP contribution in [0.25, 0.3) is 32.0 Å². The Hall–Kier alpha value is -2.65. The van der Waals surface area contributed by atoms with Crippen molar-refractivity contribution in [1.82, 2.24) is 0 Å². The van der Waals surface area contributed by atoms with E-state index >= 15 is 0 Å². The van der Waals surface area contributed by atoms with Crippen LogP contribution in [0.4, 0.5) is 0 Å². The minimum absolute atomic E-state index is 0.265. The van der Waals surface area contributed by atoms with Crippen LogP contribution >= 0.6 is 11.3 Å². The van der Waals surface area contributed by atoms with Gasteiger partial charge in [0, 0.05) is 21.9 Å². The second-order valence-electron chi connectivity index (χ2n) is 7.55. The Morgan fingerprint density at radius 1 is 1.00 bits per heavy atom. The molecule has 0 fully saturated rings. The number of rotatable bonds is 4. The maximum atomic E-state index is 11.7. The smallest absolute Gasteiger partial charge is 0.308 e. The largest absolute Gasteiger partial charge is 0.426 e. The van der Waals surface area contributed by atoms with Gasteiger partial charge in [-0.15, -0.1) is 11.3 Å². The fraction of sp³-hybridized carbons (Fsp3) is 0.269. The van der Waals surface area contributed by atoms with Gasteiger partial charge in [0.2, 0.25) is 0 Å². The maximum Gasteiger partial charge on any atom is 0.308 e. The lowest BCUT2D eigenvalue weighted by atomic mass is 9.90. The maximum absolute atomic E-state index is 11.7. The third-order valence-corrected chi connectivity index (χ3v) is 6.87. The van der Waals surface area contributed by atoms with E-state index in [1.54, 1.807) is 0 Å². The zero-order valence-corrected chi connectivity index (χ0v) is 18.5. The van der Waals surface area contributed by atoms with E-state index in [0.29, 0.717) is 0 Å². The monoisotopic (exact) mass is 402 g/mol. The molecule has 0 aliphatic rings. The molecule has 0 unspecified atom stereocenters. The van der Waals surface area contributed by atoms with Crippen molar-refractivity contribution in [2.45, 2.75) is 47.5 Å². The van der Waals surface area contributed by atoms with Gasteiger partial charge < -0.3 is 4.74 Å². The summed E-state index contributed by atoms with van der Waals surface area (Å²) >= 11 is 1.86. The summed E-state index contributed by atoms with van der Waals surface area (Å²) < 4.78 is 6.94. The second kappa shape index (κ2) is 7.64. The molecular formula is C26H26O2S. The normalized spacial score (nSPS) is 11.3. The Morgan fingerprint density at radius 3 is 2.28 bits per heavy atom. The van der Waals surface area contributed by atoms with E-state index in [1.807, 2.05) is 11.3 Å². The highest BCUT2D eigenvalue weighted by molar-refractivity contribution is 7.19. The van der Waals surface area contributed by atoms with Gasteiger partial charge in [-0.2, -0.15) is 0 Å². The zero-order chi connectivity index (χ0) is 20.7. The molecule has 2 nitrogen and oxygen atoms in total. The predicted octanol–water partition coefficient (Wildman–Crippen LogP) is 7.39. The lowest BCUT2D eigenvalue weighted by Crippen LogP contribution is -2.07.